The predicted molar refractivity (Wildman–Crippen MR) is 124 cm³/mol. The average Bonchev–Trinajstić information content (AvgIpc) is 2.81. The minimum atomic E-state index is -0.616. The van der Waals surface area contributed by atoms with Crippen molar-refractivity contribution in [1.82, 2.24) is 15.2 Å². The van der Waals surface area contributed by atoms with Gasteiger partial charge in [-0.1, -0.05) is 13.3 Å². The number of carbonyl (C=O) groups is 2. The lowest BCUT2D eigenvalue weighted by Crippen LogP contribution is -2.53. The van der Waals surface area contributed by atoms with Crippen molar-refractivity contribution in [3.63, 3.8) is 0 Å². The molecule has 2 amide bonds. The number of nitrogens with one attached hydrogen (secondary N) is 1. The summed E-state index contributed by atoms with van der Waals surface area (Å²) in [5.74, 6) is -0.460. The lowest BCUT2D eigenvalue weighted by molar-refractivity contribution is -0.146. The van der Waals surface area contributed by atoms with Crippen LogP contribution in [0.2, 0.25) is 0 Å². The summed E-state index contributed by atoms with van der Waals surface area (Å²) in [6.07, 6.45) is 3.60. The Hall–Kier alpha value is -2.70. The van der Waals surface area contributed by atoms with Crippen molar-refractivity contribution in [2.24, 2.45) is 0 Å². The second-order valence-electron chi connectivity index (χ2n) is 9.18. The molecule has 2 aliphatic rings. The quantitative estimate of drug-likeness (QED) is 0.489. The number of anilines is 1. The number of hydrogen-bond donors (Lipinski definition) is 1. The van der Waals surface area contributed by atoms with E-state index in [1.165, 1.54) is 0 Å². The molecule has 3 heterocycles. The number of piperazine rings is 1. The fourth-order valence-corrected chi connectivity index (χ4v) is 4.33. The molecular formula is C24H35N5O4. The molecule has 0 aromatic carbocycles. The molecular weight excluding hydrogens is 422 g/mol. The first-order valence-electron chi connectivity index (χ1n) is 11.7. The van der Waals surface area contributed by atoms with E-state index in [0.717, 1.165) is 36.1 Å². The molecule has 33 heavy (non-hydrogen) atoms. The van der Waals surface area contributed by atoms with E-state index in [9.17, 15) is 14.9 Å². The van der Waals surface area contributed by atoms with Crippen LogP contribution in [-0.4, -0.2) is 73.7 Å². The van der Waals surface area contributed by atoms with Crippen LogP contribution < -0.4 is 10.2 Å². The molecule has 3 rings (SSSR count). The molecule has 0 atom stereocenters. The monoisotopic (exact) mass is 457 g/mol. The van der Waals surface area contributed by atoms with E-state index in [2.05, 4.69) is 23.2 Å². The van der Waals surface area contributed by atoms with Gasteiger partial charge in [0, 0.05) is 57.5 Å². The maximum Gasteiger partial charge on any atom is 0.312 e. The van der Waals surface area contributed by atoms with Crippen molar-refractivity contribution in [3.8, 4) is 6.07 Å². The van der Waals surface area contributed by atoms with Crippen LogP contribution in [0.15, 0.2) is 0 Å². The highest BCUT2D eigenvalue weighted by Gasteiger charge is 2.34. The van der Waals surface area contributed by atoms with Gasteiger partial charge in [0.05, 0.1) is 24.4 Å². The van der Waals surface area contributed by atoms with Crippen molar-refractivity contribution >= 4 is 17.6 Å². The van der Waals surface area contributed by atoms with Gasteiger partial charge in [0.15, 0.2) is 0 Å². The molecule has 0 aliphatic carbocycles. The molecule has 1 aromatic rings. The van der Waals surface area contributed by atoms with Crippen LogP contribution in [0.4, 0.5) is 5.82 Å². The van der Waals surface area contributed by atoms with Crippen molar-refractivity contribution < 1.29 is 19.1 Å². The van der Waals surface area contributed by atoms with Crippen molar-refractivity contribution in [3.05, 3.63) is 22.4 Å². The molecule has 180 valence electrons. The smallest absolute Gasteiger partial charge is 0.312 e. The fourth-order valence-electron chi connectivity index (χ4n) is 4.33. The number of hydrogen-bond acceptors (Lipinski definition) is 7. The number of aryl methyl sites for hydroxylation is 1. The highest BCUT2D eigenvalue weighted by Crippen LogP contribution is 2.36. The summed E-state index contributed by atoms with van der Waals surface area (Å²) >= 11 is 0. The molecule has 0 bridgehead atoms. The fraction of sp³-hybridized carbons (Fsp3) is 0.667. The first-order chi connectivity index (χ1) is 15.8. The first-order valence-corrected chi connectivity index (χ1v) is 11.7. The number of aromatic nitrogens is 1. The van der Waals surface area contributed by atoms with Crippen LogP contribution in [0.1, 0.15) is 56.0 Å². The van der Waals surface area contributed by atoms with Gasteiger partial charge in [0.2, 0.25) is 0 Å². The number of pyridine rings is 1. The van der Waals surface area contributed by atoms with Crippen molar-refractivity contribution in [2.45, 2.75) is 58.7 Å². The van der Waals surface area contributed by atoms with Crippen molar-refractivity contribution in [2.75, 3.05) is 51.3 Å². The highest BCUT2D eigenvalue weighted by atomic mass is 16.5. The maximum absolute atomic E-state index is 12.5. The summed E-state index contributed by atoms with van der Waals surface area (Å²) in [5.41, 5.74) is 3.39. The van der Waals surface area contributed by atoms with E-state index in [-0.39, 0.29) is 5.60 Å². The largest absolute Gasteiger partial charge is 0.383 e. The summed E-state index contributed by atoms with van der Waals surface area (Å²) in [5, 5.41) is 12.6. The molecule has 9 nitrogen and oxygen atoms in total. The molecule has 0 unspecified atom stereocenters. The molecule has 2 aliphatic heterocycles. The minimum Gasteiger partial charge on any atom is -0.383 e. The Kier molecular flexibility index (Phi) is 8.27. The Labute approximate surface area is 196 Å². The number of unbranched alkanes of at least 4 members (excludes halogenated alkanes) is 1. The van der Waals surface area contributed by atoms with E-state index in [1.54, 1.807) is 12.0 Å². The number of carbonyl (C=O) groups excluding carboxylic acids is 2. The van der Waals surface area contributed by atoms with Gasteiger partial charge >= 0.3 is 11.8 Å². The zero-order chi connectivity index (χ0) is 24.0. The first kappa shape index (κ1) is 24.9. The molecule has 1 saturated heterocycles. The molecule has 1 aromatic heterocycles. The third kappa shape index (κ3) is 5.81. The Morgan fingerprint density at radius 1 is 1.24 bits per heavy atom. The van der Waals surface area contributed by atoms with Crippen LogP contribution in [0.5, 0.6) is 0 Å². The van der Waals surface area contributed by atoms with Crippen LogP contribution in [0.25, 0.3) is 0 Å². The number of methoxy groups -OCH3 is 1. The molecule has 1 N–H and O–H groups in total. The van der Waals surface area contributed by atoms with Gasteiger partial charge in [0.25, 0.3) is 0 Å². The Bertz CT molecular complexity index is 916. The van der Waals surface area contributed by atoms with E-state index >= 15 is 0 Å². The SMILES string of the molecule is CCCCc1nc(N2CCN(C(=O)C(=O)NCCOC)CC2)c(C#N)c2c1COC(C)(C)C2. The lowest BCUT2D eigenvalue weighted by atomic mass is 9.87. The highest BCUT2D eigenvalue weighted by molar-refractivity contribution is 6.35. The number of rotatable bonds is 7. The molecule has 1 fully saturated rings. The van der Waals surface area contributed by atoms with Gasteiger partial charge in [-0.15, -0.1) is 0 Å². The van der Waals surface area contributed by atoms with Gasteiger partial charge in [-0.05, 0) is 32.3 Å². The zero-order valence-corrected chi connectivity index (χ0v) is 20.2. The predicted octanol–water partition coefficient (Wildman–Crippen LogP) is 1.56. The number of nitriles is 1. The number of fused-ring (bicyclic) bond motifs is 1. The second-order valence-corrected chi connectivity index (χ2v) is 9.18. The van der Waals surface area contributed by atoms with E-state index in [4.69, 9.17) is 14.5 Å². The average molecular weight is 458 g/mol. The van der Waals surface area contributed by atoms with Gasteiger partial charge in [-0.3, -0.25) is 9.59 Å². The zero-order valence-electron chi connectivity index (χ0n) is 20.2. The number of ether oxygens (including phenoxy) is 2. The standard InChI is InChI=1S/C24H35N5O4/c1-5-6-7-20-19-16-33-24(2,3)14-17(19)18(15-25)21(27-20)28-9-11-29(12-10-28)23(31)22(30)26-8-13-32-4/h5-14,16H2,1-4H3,(H,26,30). The van der Waals surface area contributed by atoms with Crippen molar-refractivity contribution in [1.29, 1.82) is 5.26 Å². The van der Waals surface area contributed by atoms with Crippen LogP contribution in [-0.2, 0) is 38.5 Å². The third-order valence-corrected chi connectivity index (χ3v) is 6.22. The van der Waals surface area contributed by atoms with Gasteiger partial charge in [-0.2, -0.15) is 5.26 Å². The van der Waals surface area contributed by atoms with E-state index < -0.39 is 11.8 Å². The Morgan fingerprint density at radius 3 is 2.61 bits per heavy atom. The summed E-state index contributed by atoms with van der Waals surface area (Å²) < 4.78 is 10.9. The van der Waals surface area contributed by atoms with Crippen LogP contribution in [0, 0.1) is 11.3 Å². The lowest BCUT2D eigenvalue weighted by Gasteiger charge is -2.38. The summed E-state index contributed by atoms with van der Waals surface area (Å²) in [6.45, 7) is 9.22. The maximum atomic E-state index is 12.5. The minimum absolute atomic E-state index is 0.298. The van der Waals surface area contributed by atoms with E-state index in [0.29, 0.717) is 63.7 Å². The Balaban J connectivity index is 1.80. The summed E-state index contributed by atoms with van der Waals surface area (Å²) in [6, 6.07) is 2.41. The van der Waals surface area contributed by atoms with Crippen LogP contribution in [0.3, 0.4) is 0 Å². The van der Waals surface area contributed by atoms with Gasteiger partial charge in [0.1, 0.15) is 11.9 Å². The topological polar surface area (TPSA) is 108 Å². The molecule has 0 spiro atoms. The molecule has 0 radical (unpaired) electrons. The normalized spacial score (nSPS) is 17.3. The van der Waals surface area contributed by atoms with Crippen LogP contribution >= 0.6 is 0 Å². The summed E-state index contributed by atoms with van der Waals surface area (Å²) in [4.78, 5) is 33.1. The molecule has 9 heteroatoms. The Morgan fingerprint density at radius 2 is 1.97 bits per heavy atom. The molecule has 0 saturated carbocycles. The third-order valence-electron chi connectivity index (χ3n) is 6.22. The second kappa shape index (κ2) is 10.9. The van der Waals surface area contributed by atoms with E-state index in [1.807, 2.05) is 13.8 Å². The number of nitrogens with zero attached hydrogens (tertiary/aromatic N) is 4. The summed E-state index contributed by atoms with van der Waals surface area (Å²) in [7, 11) is 1.54. The van der Waals surface area contributed by atoms with Gasteiger partial charge < -0.3 is 24.6 Å². The number of amides is 2. The van der Waals surface area contributed by atoms with Gasteiger partial charge in [-0.25, -0.2) is 4.98 Å².